The first-order valence-corrected chi connectivity index (χ1v) is 5.60. The van der Waals surface area contributed by atoms with Crippen LogP contribution in [0, 0.1) is 0 Å². The Hall–Kier alpha value is -0.350. The van der Waals surface area contributed by atoms with Crippen molar-refractivity contribution in [2.75, 3.05) is 0 Å². The molecular formula is C9H12BrNOS. The van der Waals surface area contributed by atoms with E-state index in [1.54, 1.807) is 17.6 Å². The van der Waals surface area contributed by atoms with Crippen LogP contribution < -0.4 is 0 Å². The normalized spacial score (nSPS) is 12.3. The number of hydrogen-bond donors (Lipinski definition) is 0. The van der Waals surface area contributed by atoms with Crippen molar-refractivity contribution in [1.29, 1.82) is 0 Å². The summed E-state index contributed by atoms with van der Waals surface area (Å²) in [4.78, 5) is 6.28. The van der Waals surface area contributed by atoms with Crippen molar-refractivity contribution >= 4 is 33.5 Å². The molecule has 1 rings (SSSR count). The van der Waals surface area contributed by atoms with Gasteiger partial charge in [0.2, 0.25) is 0 Å². The molecule has 0 aromatic carbocycles. The van der Waals surface area contributed by atoms with Crippen LogP contribution in [0.15, 0.2) is 21.1 Å². The average Bonchev–Trinajstić information content (AvgIpc) is 2.33. The van der Waals surface area contributed by atoms with Crippen LogP contribution >= 0.6 is 27.3 Å². The largest absolute Gasteiger partial charge is 0.390 e. The summed E-state index contributed by atoms with van der Waals surface area (Å²) in [5.41, 5.74) is -0.217. The van der Waals surface area contributed by atoms with E-state index in [1.165, 1.54) is 0 Å². The van der Waals surface area contributed by atoms with Crippen LogP contribution in [-0.4, -0.2) is 11.8 Å². The minimum atomic E-state index is -0.217. The van der Waals surface area contributed by atoms with Gasteiger partial charge in [-0.05, 0) is 42.8 Å². The highest BCUT2D eigenvalue weighted by atomic mass is 79.9. The fourth-order valence-electron chi connectivity index (χ4n) is 0.632. The lowest BCUT2D eigenvalue weighted by Crippen LogP contribution is -2.15. The van der Waals surface area contributed by atoms with Gasteiger partial charge in [-0.15, -0.1) is 11.3 Å². The summed E-state index contributed by atoms with van der Waals surface area (Å²) in [5.74, 6) is 0. The highest BCUT2D eigenvalue weighted by Gasteiger charge is 2.09. The fourth-order valence-corrected chi connectivity index (χ4v) is 1.93. The first-order valence-electron chi connectivity index (χ1n) is 3.93. The summed E-state index contributed by atoms with van der Waals surface area (Å²) in [5, 5.41) is 5.90. The quantitative estimate of drug-likeness (QED) is 0.588. The number of nitrogens with zero attached hydrogens (tertiary/aromatic N) is 1. The maximum absolute atomic E-state index is 5.20. The smallest absolute Gasteiger partial charge is 0.129 e. The molecule has 0 atom stereocenters. The van der Waals surface area contributed by atoms with E-state index in [2.05, 4.69) is 21.1 Å². The second kappa shape index (κ2) is 4.24. The maximum atomic E-state index is 5.20. The molecule has 2 nitrogen and oxygen atoms in total. The Morgan fingerprint density at radius 1 is 1.54 bits per heavy atom. The zero-order chi connectivity index (χ0) is 9.90. The third kappa shape index (κ3) is 4.43. The number of thiophene rings is 1. The second-order valence-corrected chi connectivity index (χ2v) is 5.46. The summed E-state index contributed by atoms with van der Waals surface area (Å²) in [6, 6.07) is 2.00. The molecule has 0 N–H and O–H groups in total. The monoisotopic (exact) mass is 261 g/mol. The van der Waals surface area contributed by atoms with Crippen molar-refractivity contribution in [3.05, 3.63) is 20.8 Å². The van der Waals surface area contributed by atoms with Crippen LogP contribution in [0.5, 0.6) is 0 Å². The van der Waals surface area contributed by atoms with Gasteiger partial charge in [-0.25, -0.2) is 0 Å². The molecular weight excluding hydrogens is 250 g/mol. The molecule has 0 amide bonds. The Balaban J connectivity index is 2.50. The van der Waals surface area contributed by atoms with Gasteiger partial charge >= 0.3 is 0 Å². The molecule has 0 saturated carbocycles. The lowest BCUT2D eigenvalue weighted by molar-refractivity contribution is 0.00202. The maximum Gasteiger partial charge on any atom is 0.129 e. The predicted octanol–water partition coefficient (Wildman–Crippen LogP) is 3.66. The lowest BCUT2D eigenvalue weighted by Gasteiger charge is -2.14. The SMILES string of the molecule is CC(C)(C)O/N=C/c1cc(Br)cs1. The van der Waals surface area contributed by atoms with Crippen molar-refractivity contribution < 1.29 is 4.84 Å². The zero-order valence-electron chi connectivity index (χ0n) is 7.87. The Morgan fingerprint density at radius 2 is 2.23 bits per heavy atom. The van der Waals surface area contributed by atoms with Crippen molar-refractivity contribution in [2.24, 2.45) is 5.16 Å². The molecule has 72 valence electrons. The van der Waals surface area contributed by atoms with E-state index < -0.39 is 0 Å². The molecule has 1 heterocycles. The molecule has 0 saturated heterocycles. The topological polar surface area (TPSA) is 21.6 Å². The van der Waals surface area contributed by atoms with E-state index in [0.29, 0.717) is 0 Å². The van der Waals surface area contributed by atoms with Crippen LogP contribution in [0.3, 0.4) is 0 Å². The molecule has 0 spiro atoms. The predicted molar refractivity (Wildman–Crippen MR) is 60.5 cm³/mol. The second-order valence-electron chi connectivity index (χ2n) is 3.61. The van der Waals surface area contributed by atoms with Crippen LogP contribution in [0.2, 0.25) is 0 Å². The Morgan fingerprint density at radius 3 is 2.69 bits per heavy atom. The van der Waals surface area contributed by atoms with E-state index in [-0.39, 0.29) is 5.60 Å². The van der Waals surface area contributed by atoms with Gasteiger partial charge in [-0.1, -0.05) is 5.16 Å². The highest BCUT2D eigenvalue weighted by Crippen LogP contribution is 2.18. The van der Waals surface area contributed by atoms with Crippen LogP contribution in [0.25, 0.3) is 0 Å². The van der Waals surface area contributed by atoms with Gasteiger partial charge in [0.25, 0.3) is 0 Å². The van der Waals surface area contributed by atoms with Gasteiger partial charge in [0.15, 0.2) is 0 Å². The van der Waals surface area contributed by atoms with E-state index in [0.717, 1.165) is 9.35 Å². The summed E-state index contributed by atoms with van der Waals surface area (Å²) < 4.78 is 1.08. The standard InChI is InChI=1S/C9H12BrNOS/c1-9(2,3)12-11-5-8-4-7(10)6-13-8/h4-6H,1-3H3/b11-5+. The molecule has 4 heteroatoms. The highest BCUT2D eigenvalue weighted by molar-refractivity contribution is 9.10. The third-order valence-electron chi connectivity index (χ3n) is 1.09. The molecule has 0 fully saturated rings. The minimum Gasteiger partial charge on any atom is -0.390 e. The zero-order valence-corrected chi connectivity index (χ0v) is 10.3. The van der Waals surface area contributed by atoms with Crippen LogP contribution in [0.1, 0.15) is 25.6 Å². The molecule has 0 aliphatic rings. The summed E-state index contributed by atoms with van der Waals surface area (Å²) >= 11 is 5.00. The Bertz CT molecular complexity index is 301. The lowest BCUT2D eigenvalue weighted by atomic mass is 10.2. The van der Waals surface area contributed by atoms with Crippen molar-refractivity contribution in [2.45, 2.75) is 26.4 Å². The Labute approximate surface area is 90.7 Å². The molecule has 1 aromatic rings. The molecule has 0 aliphatic heterocycles. The van der Waals surface area contributed by atoms with Gasteiger partial charge in [0, 0.05) is 14.7 Å². The first kappa shape index (κ1) is 10.7. The molecule has 13 heavy (non-hydrogen) atoms. The number of oxime groups is 1. The first-order chi connectivity index (χ1) is 5.97. The van der Waals surface area contributed by atoms with E-state index in [4.69, 9.17) is 4.84 Å². The fraction of sp³-hybridized carbons (Fsp3) is 0.444. The van der Waals surface area contributed by atoms with Gasteiger partial charge in [0.05, 0.1) is 6.21 Å². The minimum absolute atomic E-state index is 0.217. The van der Waals surface area contributed by atoms with Gasteiger partial charge in [-0.2, -0.15) is 0 Å². The number of rotatable bonds is 2. The summed E-state index contributed by atoms with van der Waals surface area (Å²) in [7, 11) is 0. The number of halogens is 1. The molecule has 0 bridgehead atoms. The van der Waals surface area contributed by atoms with E-state index in [9.17, 15) is 0 Å². The summed E-state index contributed by atoms with van der Waals surface area (Å²) in [6.07, 6.45) is 1.72. The molecule has 0 radical (unpaired) electrons. The van der Waals surface area contributed by atoms with Gasteiger partial charge < -0.3 is 4.84 Å². The molecule has 0 unspecified atom stereocenters. The van der Waals surface area contributed by atoms with Crippen molar-refractivity contribution in [3.63, 3.8) is 0 Å². The van der Waals surface area contributed by atoms with E-state index in [1.807, 2.05) is 32.2 Å². The van der Waals surface area contributed by atoms with E-state index >= 15 is 0 Å². The number of hydrogen-bond acceptors (Lipinski definition) is 3. The van der Waals surface area contributed by atoms with Crippen molar-refractivity contribution in [3.8, 4) is 0 Å². The Kier molecular flexibility index (Phi) is 3.50. The van der Waals surface area contributed by atoms with Gasteiger partial charge in [0.1, 0.15) is 5.60 Å². The average molecular weight is 262 g/mol. The van der Waals surface area contributed by atoms with Crippen LogP contribution in [-0.2, 0) is 4.84 Å². The molecule has 1 aromatic heterocycles. The summed E-state index contributed by atoms with van der Waals surface area (Å²) in [6.45, 7) is 5.90. The van der Waals surface area contributed by atoms with Gasteiger partial charge in [-0.3, -0.25) is 0 Å². The van der Waals surface area contributed by atoms with Crippen LogP contribution in [0.4, 0.5) is 0 Å². The molecule has 0 aliphatic carbocycles. The van der Waals surface area contributed by atoms with Crippen molar-refractivity contribution in [1.82, 2.24) is 0 Å². The third-order valence-corrected chi connectivity index (χ3v) is 2.72.